The Morgan fingerprint density at radius 2 is 1.33 bits per heavy atom. The predicted octanol–water partition coefficient (Wildman–Crippen LogP) is 4.30. The fourth-order valence-corrected chi connectivity index (χ4v) is 3.58. The minimum absolute atomic E-state index is 0.127. The average molecular weight is 372 g/mol. The molecule has 1 aliphatic heterocycles. The maximum Gasteiger partial charge on any atom is 0.282 e. The van der Waals surface area contributed by atoms with Crippen molar-refractivity contribution in [2.75, 3.05) is 5.01 Å². The smallest absolute Gasteiger partial charge is 0.267 e. The second-order valence-corrected chi connectivity index (χ2v) is 7.11. The molecule has 3 aromatic rings. The van der Waals surface area contributed by atoms with Crippen molar-refractivity contribution in [2.24, 2.45) is 0 Å². The summed E-state index contributed by atoms with van der Waals surface area (Å²) in [5.41, 5.74) is 4.17. The number of amides is 2. The van der Waals surface area contributed by atoms with Crippen molar-refractivity contribution in [3.63, 3.8) is 0 Å². The molecule has 0 spiro atoms. The number of hydrogen-bond acceptors (Lipinski definition) is 3. The van der Waals surface area contributed by atoms with Gasteiger partial charge in [-0.1, -0.05) is 60.3 Å². The van der Waals surface area contributed by atoms with Crippen LogP contribution in [0.2, 0.25) is 0 Å². The van der Waals surface area contributed by atoms with Crippen LogP contribution in [0.15, 0.2) is 100 Å². The van der Waals surface area contributed by atoms with Crippen molar-refractivity contribution >= 4 is 35.3 Å². The highest BCUT2D eigenvalue weighted by molar-refractivity contribution is 7.99. The summed E-state index contributed by atoms with van der Waals surface area (Å²) in [6.45, 7) is 0. The third-order valence-electron chi connectivity index (χ3n) is 4.08. The Kier molecular flexibility index (Phi) is 4.77. The number of hydrazine groups is 1. The lowest BCUT2D eigenvalue weighted by Gasteiger charge is -2.13. The highest BCUT2D eigenvalue weighted by Crippen LogP contribution is 2.28. The lowest BCUT2D eigenvalue weighted by atomic mass is 10.1. The molecule has 2 amide bonds. The molecule has 27 heavy (non-hydrogen) atoms. The first-order chi connectivity index (χ1) is 13.2. The predicted molar refractivity (Wildman–Crippen MR) is 107 cm³/mol. The number of hydrogen-bond donors (Lipinski definition) is 1. The normalized spacial score (nSPS) is 15.3. The summed E-state index contributed by atoms with van der Waals surface area (Å²) in [4.78, 5) is 27.1. The van der Waals surface area contributed by atoms with Crippen LogP contribution in [0.3, 0.4) is 0 Å². The van der Waals surface area contributed by atoms with Crippen LogP contribution in [0.5, 0.6) is 0 Å². The molecule has 0 saturated carbocycles. The number of carbonyl (C=O) groups is 2. The number of para-hydroxylation sites is 1. The molecule has 1 heterocycles. The molecule has 1 saturated heterocycles. The van der Waals surface area contributed by atoms with Crippen LogP contribution in [0.25, 0.3) is 6.08 Å². The molecule has 1 N–H and O–H groups in total. The van der Waals surface area contributed by atoms with E-state index in [1.165, 1.54) is 5.01 Å². The molecule has 132 valence electrons. The Balaban J connectivity index is 1.53. The quantitative estimate of drug-likeness (QED) is 0.549. The van der Waals surface area contributed by atoms with Gasteiger partial charge in [0.05, 0.1) is 5.69 Å². The first kappa shape index (κ1) is 17.1. The Hall–Kier alpha value is -3.31. The lowest BCUT2D eigenvalue weighted by molar-refractivity contribution is -0.117. The average Bonchev–Trinajstić information content (AvgIpc) is 2.99. The first-order valence-corrected chi connectivity index (χ1v) is 9.27. The fraction of sp³-hybridized carbons (Fsp3) is 0. The molecule has 0 aromatic heterocycles. The molecule has 5 heteroatoms. The topological polar surface area (TPSA) is 49.4 Å². The van der Waals surface area contributed by atoms with E-state index in [-0.39, 0.29) is 11.5 Å². The number of nitrogens with one attached hydrogen (secondary N) is 1. The Bertz CT molecular complexity index is 1000. The zero-order valence-corrected chi connectivity index (χ0v) is 15.1. The number of nitrogens with zero attached hydrogens (tertiary/aromatic N) is 1. The van der Waals surface area contributed by atoms with E-state index in [9.17, 15) is 9.59 Å². The maximum atomic E-state index is 12.6. The zero-order chi connectivity index (χ0) is 18.6. The second-order valence-electron chi connectivity index (χ2n) is 5.96. The van der Waals surface area contributed by atoms with Crippen molar-refractivity contribution in [1.82, 2.24) is 5.43 Å². The third kappa shape index (κ3) is 3.78. The van der Waals surface area contributed by atoms with E-state index in [0.717, 1.165) is 15.4 Å². The van der Waals surface area contributed by atoms with Gasteiger partial charge in [-0.15, -0.1) is 0 Å². The van der Waals surface area contributed by atoms with E-state index in [1.54, 1.807) is 30.0 Å². The number of carbonyl (C=O) groups excluding carboxylic acids is 2. The van der Waals surface area contributed by atoms with Gasteiger partial charge in [0.15, 0.2) is 0 Å². The van der Waals surface area contributed by atoms with Gasteiger partial charge in [-0.05, 0) is 48.0 Å². The van der Waals surface area contributed by atoms with Gasteiger partial charge in [0, 0.05) is 9.79 Å². The van der Waals surface area contributed by atoms with Gasteiger partial charge in [0.25, 0.3) is 11.8 Å². The van der Waals surface area contributed by atoms with E-state index < -0.39 is 5.91 Å². The van der Waals surface area contributed by atoms with Crippen molar-refractivity contribution in [1.29, 1.82) is 0 Å². The maximum absolute atomic E-state index is 12.6. The summed E-state index contributed by atoms with van der Waals surface area (Å²) in [6, 6.07) is 26.9. The number of rotatable bonds is 4. The highest BCUT2D eigenvalue weighted by atomic mass is 32.2. The van der Waals surface area contributed by atoms with Gasteiger partial charge >= 0.3 is 0 Å². The standard InChI is InChI=1S/C22H16N2O2S/c25-21-20(22(26)24(23-21)17-7-3-1-4-8-17)15-16-11-13-19(14-12-16)27-18-9-5-2-6-10-18/h1-15H,(H,23,25). The molecule has 0 aliphatic carbocycles. The second kappa shape index (κ2) is 7.51. The van der Waals surface area contributed by atoms with Gasteiger partial charge in [-0.25, -0.2) is 5.01 Å². The molecular weight excluding hydrogens is 356 g/mol. The molecule has 1 fully saturated rings. The van der Waals surface area contributed by atoms with E-state index in [0.29, 0.717) is 5.69 Å². The Morgan fingerprint density at radius 1 is 0.741 bits per heavy atom. The largest absolute Gasteiger partial charge is 0.282 e. The summed E-state index contributed by atoms with van der Waals surface area (Å²) >= 11 is 1.66. The van der Waals surface area contributed by atoms with Crippen LogP contribution in [0.4, 0.5) is 5.69 Å². The zero-order valence-electron chi connectivity index (χ0n) is 14.3. The van der Waals surface area contributed by atoms with E-state index in [4.69, 9.17) is 0 Å². The van der Waals surface area contributed by atoms with Crippen molar-refractivity contribution in [2.45, 2.75) is 9.79 Å². The molecule has 1 aliphatic rings. The minimum atomic E-state index is -0.397. The van der Waals surface area contributed by atoms with E-state index in [1.807, 2.05) is 60.7 Å². The highest BCUT2D eigenvalue weighted by Gasteiger charge is 2.34. The number of anilines is 1. The van der Waals surface area contributed by atoms with Crippen molar-refractivity contribution < 1.29 is 9.59 Å². The van der Waals surface area contributed by atoms with Gasteiger partial charge in [-0.3, -0.25) is 15.0 Å². The van der Waals surface area contributed by atoms with Crippen LogP contribution in [-0.4, -0.2) is 11.8 Å². The Morgan fingerprint density at radius 3 is 2.00 bits per heavy atom. The van der Waals surface area contributed by atoms with Gasteiger partial charge in [0.2, 0.25) is 0 Å². The van der Waals surface area contributed by atoms with Crippen LogP contribution in [-0.2, 0) is 9.59 Å². The summed E-state index contributed by atoms with van der Waals surface area (Å²) in [7, 11) is 0. The molecule has 0 unspecified atom stereocenters. The summed E-state index contributed by atoms with van der Waals surface area (Å²) in [6.07, 6.45) is 1.62. The molecule has 0 radical (unpaired) electrons. The van der Waals surface area contributed by atoms with Crippen LogP contribution in [0, 0.1) is 0 Å². The number of benzene rings is 3. The van der Waals surface area contributed by atoms with Crippen LogP contribution < -0.4 is 10.4 Å². The van der Waals surface area contributed by atoms with Gasteiger partial charge < -0.3 is 0 Å². The summed E-state index contributed by atoms with van der Waals surface area (Å²) < 4.78 is 0. The third-order valence-corrected chi connectivity index (χ3v) is 5.09. The fourth-order valence-electron chi connectivity index (χ4n) is 2.74. The van der Waals surface area contributed by atoms with Gasteiger partial charge in [0.1, 0.15) is 5.57 Å². The Labute approximate surface area is 161 Å². The molecule has 0 bridgehead atoms. The van der Waals surface area contributed by atoms with Crippen LogP contribution in [0.1, 0.15) is 5.56 Å². The first-order valence-electron chi connectivity index (χ1n) is 8.46. The lowest BCUT2D eigenvalue weighted by Crippen LogP contribution is -2.35. The summed E-state index contributed by atoms with van der Waals surface area (Å²) in [5, 5.41) is 1.27. The van der Waals surface area contributed by atoms with E-state index >= 15 is 0 Å². The van der Waals surface area contributed by atoms with Gasteiger partial charge in [-0.2, -0.15) is 0 Å². The summed E-state index contributed by atoms with van der Waals surface area (Å²) in [5.74, 6) is -0.750. The SMILES string of the molecule is O=C1NN(c2ccccc2)C(=O)C1=Cc1ccc(Sc2ccccc2)cc1. The molecule has 0 atom stereocenters. The van der Waals surface area contributed by atoms with Crippen LogP contribution >= 0.6 is 11.8 Å². The molecule has 4 rings (SSSR count). The molecular formula is C22H16N2O2S. The van der Waals surface area contributed by atoms with Crippen molar-refractivity contribution in [3.8, 4) is 0 Å². The monoisotopic (exact) mass is 372 g/mol. The minimum Gasteiger partial charge on any atom is -0.267 e. The molecule has 3 aromatic carbocycles. The van der Waals surface area contributed by atoms with E-state index in [2.05, 4.69) is 17.6 Å². The molecule has 4 nitrogen and oxygen atoms in total. The van der Waals surface area contributed by atoms with Crippen molar-refractivity contribution in [3.05, 3.63) is 96.1 Å².